The van der Waals surface area contributed by atoms with Crippen LogP contribution < -0.4 is 0 Å². The molecule has 0 aromatic heterocycles. The van der Waals surface area contributed by atoms with E-state index < -0.39 is 52.8 Å². The maximum Gasteiger partial charge on any atom is 0.307 e. The average Bonchev–Trinajstić information content (AvgIpc) is 3.07. The third kappa shape index (κ3) is 2.40. The van der Waals surface area contributed by atoms with E-state index in [4.69, 9.17) is 0 Å². The van der Waals surface area contributed by atoms with Crippen molar-refractivity contribution in [3.8, 4) is 0 Å². The lowest BCUT2D eigenvalue weighted by atomic mass is 9.88. The smallest absolute Gasteiger partial charge is 0.307 e. The van der Waals surface area contributed by atoms with Crippen molar-refractivity contribution in [1.29, 1.82) is 0 Å². The highest BCUT2D eigenvalue weighted by Gasteiger charge is 2.78. The molecule has 3 N–H and O–H groups in total. The van der Waals surface area contributed by atoms with Crippen LogP contribution in [0.1, 0.15) is 6.42 Å². The summed E-state index contributed by atoms with van der Waals surface area (Å²) < 4.78 is 26.2. The molecule has 0 heterocycles. The van der Waals surface area contributed by atoms with Crippen LogP contribution in [-0.4, -0.2) is 39.1 Å². The SMILES string of the molecule is O=C(O)C1CC(O)C2C(C(=O)O)C12CSc1ccc(F)c(F)c1. The molecule has 124 valence electrons. The monoisotopic (exact) mass is 344 g/mol. The summed E-state index contributed by atoms with van der Waals surface area (Å²) in [5.74, 6) is -6.65. The van der Waals surface area contributed by atoms with Crippen LogP contribution in [-0.2, 0) is 9.59 Å². The van der Waals surface area contributed by atoms with E-state index in [2.05, 4.69) is 0 Å². The first kappa shape index (κ1) is 16.2. The minimum Gasteiger partial charge on any atom is -0.481 e. The van der Waals surface area contributed by atoms with Gasteiger partial charge in [0.1, 0.15) is 0 Å². The van der Waals surface area contributed by atoms with Gasteiger partial charge in [0.05, 0.1) is 17.9 Å². The fourth-order valence-electron chi connectivity index (χ4n) is 3.90. The molecule has 2 aliphatic carbocycles. The molecule has 2 aliphatic rings. The summed E-state index contributed by atoms with van der Waals surface area (Å²) in [6.45, 7) is 0. The summed E-state index contributed by atoms with van der Waals surface area (Å²) in [5.41, 5.74) is -1.05. The summed E-state index contributed by atoms with van der Waals surface area (Å²) in [5, 5.41) is 28.6. The molecule has 0 spiro atoms. The minimum atomic E-state index is -1.14. The van der Waals surface area contributed by atoms with Gasteiger partial charge < -0.3 is 15.3 Å². The highest BCUT2D eigenvalue weighted by Crippen LogP contribution is 2.72. The van der Waals surface area contributed by atoms with Gasteiger partial charge in [0.15, 0.2) is 11.6 Å². The number of aliphatic hydroxyl groups excluding tert-OH is 1. The summed E-state index contributed by atoms with van der Waals surface area (Å²) in [7, 11) is 0. The molecule has 2 fully saturated rings. The Hall–Kier alpha value is -1.67. The Kier molecular flexibility index (Phi) is 3.84. The van der Waals surface area contributed by atoms with Crippen molar-refractivity contribution in [2.75, 3.05) is 5.75 Å². The number of fused-ring (bicyclic) bond motifs is 1. The lowest BCUT2D eigenvalue weighted by molar-refractivity contribution is -0.146. The normalized spacial score (nSPS) is 34.9. The Morgan fingerprint density at radius 1 is 1.22 bits per heavy atom. The van der Waals surface area contributed by atoms with E-state index in [0.717, 1.165) is 23.9 Å². The number of aliphatic hydroxyl groups is 1. The van der Waals surface area contributed by atoms with Crippen LogP contribution in [0.15, 0.2) is 23.1 Å². The highest BCUT2D eigenvalue weighted by molar-refractivity contribution is 7.99. The van der Waals surface area contributed by atoms with Crippen molar-refractivity contribution < 1.29 is 33.7 Å². The number of hydrogen-bond acceptors (Lipinski definition) is 4. The van der Waals surface area contributed by atoms with E-state index in [-0.39, 0.29) is 12.2 Å². The van der Waals surface area contributed by atoms with Crippen LogP contribution >= 0.6 is 11.8 Å². The Balaban J connectivity index is 1.84. The zero-order valence-electron chi connectivity index (χ0n) is 11.8. The van der Waals surface area contributed by atoms with Crippen LogP contribution in [0, 0.1) is 34.8 Å². The van der Waals surface area contributed by atoms with Crippen LogP contribution in [0.5, 0.6) is 0 Å². The molecule has 1 aromatic rings. The molecule has 3 rings (SSSR count). The number of rotatable bonds is 5. The maximum atomic E-state index is 13.2. The maximum absolute atomic E-state index is 13.2. The Bertz CT molecular complexity index is 682. The van der Waals surface area contributed by atoms with Crippen LogP contribution in [0.2, 0.25) is 0 Å². The Labute approximate surface area is 134 Å². The second-order valence-corrected chi connectivity index (χ2v) is 7.06. The van der Waals surface area contributed by atoms with Gasteiger partial charge in [-0.1, -0.05) is 0 Å². The van der Waals surface area contributed by atoms with Gasteiger partial charge >= 0.3 is 11.9 Å². The Morgan fingerprint density at radius 2 is 1.91 bits per heavy atom. The highest BCUT2D eigenvalue weighted by atomic mass is 32.2. The van der Waals surface area contributed by atoms with Crippen LogP contribution in [0.3, 0.4) is 0 Å². The van der Waals surface area contributed by atoms with Crippen molar-refractivity contribution in [3.05, 3.63) is 29.8 Å². The van der Waals surface area contributed by atoms with E-state index in [1.165, 1.54) is 6.07 Å². The largest absolute Gasteiger partial charge is 0.481 e. The molecule has 0 radical (unpaired) electrons. The molecule has 5 nitrogen and oxygen atoms in total. The van der Waals surface area contributed by atoms with Crippen molar-refractivity contribution in [1.82, 2.24) is 0 Å². The molecule has 23 heavy (non-hydrogen) atoms. The van der Waals surface area contributed by atoms with Gasteiger partial charge in [-0.2, -0.15) is 0 Å². The quantitative estimate of drug-likeness (QED) is 0.706. The molecule has 5 atom stereocenters. The van der Waals surface area contributed by atoms with Gasteiger partial charge in [-0.15, -0.1) is 11.8 Å². The predicted molar refractivity (Wildman–Crippen MR) is 75.9 cm³/mol. The lowest BCUT2D eigenvalue weighted by Crippen LogP contribution is -2.29. The van der Waals surface area contributed by atoms with Crippen molar-refractivity contribution in [2.24, 2.45) is 23.2 Å². The summed E-state index contributed by atoms with van der Waals surface area (Å²) in [4.78, 5) is 23.2. The number of carboxylic acid groups (broad SMARTS) is 2. The number of carbonyl (C=O) groups is 2. The summed E-state index contributed by atoms with van der Waals surface area (Å²) in [6, 6.07) is 3.31. The van der Waals surface area contributed by atoms with Gasteiger partial charge in [-0.05, 0) is 24.6 Å². The molecule has 1 aromatic carbocycles. The third-order valence-electron chi connectivity index (χ3n) is 4.93. The van der Waals surface area contributed by atoms with Crippen LogP contribution in [0.4, 0.5) is 8.78 Å². The zero-order chi connectivity index (χ0) is 16.9. The number of aliphatic carboxylic acids is 2. The van der Waals surface area contributed by atoms with Gasteiger partial charge in [0.2, 0.25) is 0 Å². The fourth-order valence-corrected chi connectivity index (χ4v) is 5.24. The summed E-state index contributed by atoms with van der Waals surface area (Å²) in [6.07, 6.45) is -0.954. The van der Waals surface area contributed by atoms with E-state index in [1.54, 1.807) is 0 Å². The van der Waals surface area contributed by atoms with Crippen molar-refractivity contribution in [2.45, 2.75) is 17.4 Å². The first-order valence-electron chi connectivity index (χ1n) is 7.00. The number of benzene rings is 1. The number of carboxylic acids is 2. The summed E-state index contributed by atoms with van der Waals surface area (Å²) >= 11 is 1.08. The molecule has 0 amide bonds. The standard InChI is InChI=1S/C15H14F2O5S/c16-8-2-1-6(3-9(8)17)23-5-15-7(13(19)20)4-10(18)11(15)12(15)14(21)22/h1-3,7,10-12,18H,4-5H2,(H,19,20)(H,21,22). The lowest BCUT2D eigenvalue weighted by Gasteiger charge is -2.21. The van der Waals surface area contributed by atoms with Gasteiger partial charge in [0.25, 0.3) is 0 Å². The molecule has 0 bridgehead atoms. The Morgan fingerprint density at radius 3 is 2.43 bits per heavy atom. The first-order chi connectivity index (χ1) is 10.8. The van der Waals surface area contributed by atoms with Gasteiger partial charge in [-0.25, -0.2) is 8.78 Å². The predicted octanol–water partition coefficient (Wildman–Crippen LogP) is 1.84. The molecule has 5 unspecified atom stereocenters. The molecule has 0 aliphatic heterocycles. The van der Waals surface area contributed by atoms with E-state index in [1.807, 2.05) is 0 Å². The van der Waals surface area contributed by atoms with Gasteiger partial charge in [-0.3, -0.25) is 9.59 Å². The second kappa shape index (κ2) is 5.45. The molecule has 8 heteroatoms. The fraction of sp³-hybridized carbons (Fsp3) is 0.467. The molecule has 0 saturated heterocycles. The average molecular weight is 344 g/mol. The van der Waals surface area contributed by atoms with E-state index in [9.17, 15) is 33.7 Å². The van der Waals surface area contributed by atoms with Crippen LogP contribution in [0.25, 0.3) is 0 Å². The molecule has 2 saturated carbocycles. The van der Waals surface area contributed by atoms with E-state index >= 15 is 0 Å². The van der Waals surface area contributed by atoms with Crippen molar-refractivity contribution in [3.63, 3.8) is 0 Å². The van der Waals surface area contributed by atoms with Crippen molar-refractivity contribution >= 4 is 23.7 Å². The minimum absolute atomic E-state index is 0.0160. The number of hydrogen-bond donors (Lipinski definition) is 3. The topological polar surface area (TPSA) is 94.8 Å². The third-order valence-corrected chi connectivity index (χ3v) is 6.17. The second-order valence-electron chi connectivity index (χ2n) is 6.01. The first-order valence-corrected chi connectivity index (χ1v) is 7.99. The van der Waals surface area contributed by atoms with Gasteiger partial charge in [0, 0.05) is 22.0 Å². The number of halogens is 2. The van der Waals surface area contributed by atoms with E-state index in [0.29, 0.717) is 4.90 Å². The molecular formula is C15H14F2O5S. The zero-order valence-corrected chi connectivity index (χ0v) is 12.6. The molecular weight excluding hydrogens is 330 g/mol. The number of thioether (sulfide) groups is 1.